The summed E-state index contributed by atoms with van der Waals surface area (Å²) in [7, 11) is 3.88. The second-order valence-electron chi connectivity index (χ2n) is 4.71. The Labute approximate surface area is 113 Å². The van der Waals surface area contributed by atoms with Gasteiger partial charge in [0.2, 0.25) is 0 Å². The first kappa shape index (κ1) is 13.7. The Kier molecular flexibility index (Phi) is 3.99. The van der Waals surface area contributed by atoms with Crippen LogP contribution in [0.15, 0.2) is 6.20 Å². The molecule has 1 atom stereocenters. The molecule has 2 aromatic rings. The maximum atomic E-state index is 4.37. The zero-order valence-electron chi connectivity index (χ0n) is 12.3. The van der Waals surface area contributed by atoms with Crippen LogP contribution in [-0.4, -0.2) is 31.8 Å². The van der Waals surface area contributed by atoms with E-state index in [4.69, 9.17) is 0 Å². The average molecular weight is 262 g/mol. The third-order valence-electron chi connectivity index (χ3n) is 3.43. The van der Waals surface area contributed by atoms with Crippen LogP contribution in [-0.2, 0) is 13.5 Å². The molecule has 0 spiro atoms. The van der Waals surface area contributed by atoms with E-state index >= 15 is 0 Å². The molecule has 6 nitrogen and oxygen atoms in total. The normalized spacial score (nSPS) is 12.9. The highest BCUT2D eigenvalue weighted by atomic mass is 15.5. The number of hydrogen-bond acceptors (Lipinski definition) is 4. The van der Waals surface area contributed by atoms with Gasteiger partial charge in [-0.3, -0.25) is 4.68 Å². The van der Waals surface area contributed by atoms with E-state index in [1.54, 1.807) is 4.68 Å². The highest BCUT2D eigenvalue weighted by Gasteiger charge is 2.20. The van der Waals surface area contributed by atoms with Crippen LogP contribution in [0.1, 0.15) is 43.4 Å². The fourth-order valence-corrected chi connectivity index (χ4v) is 2.44. The third-order valence-corrected chi connectivity index (χ3v) is 3.43. The van der Waals surface area contributed by atoms with Crippen molar-refractivity contribution in [3.8, 4) is 5.69 Å². The zero-order chi connectivity index (χ0) is 14.0. The van der Waals surface area contributed by atoms with Crippen molar-refractivity contribution in [3.05, 3.63) is 23.3 Å². The molecule has 2 heterocycles. The molecule has 0 aromatic carbocycles. The summed E-state index contributed by atoms with van der Waals surface area (Å²) in [5.41, 5.74) is 4.16. The van der Waals surface area contributed by atoms with E-state index in [1.807, 2.05) is 31.9 Å². The Bertz CT molecular complexity index is 549. The Balaban J connectivity index is 2.51. The third kappa shape index (κ3) is 2.40. The maximum Gasteiger partial charge on any atom is 0.107 e. The van der Waals surface area contributed by atoms with Gasteiger partial charge in [0.15, 0.2) is 0 Å². The van der Waals surface area contributed by atoms with Crippen LogP contribution in [0.3, 0.4) is 0 Å². The first-order valence-electron chi connectivity index (χ1n) is 6.74. The molecule has 2 rings (SSSR count). The number of nitrogens with zero attached hydrogens (tertiary/aromatic N) is 5. The minimum atomic E-state index is 0.251. The predicted molar refractivity (Wildman–Crippen MR) is 74.3 cm³/mol. The molecule has 0 aliphatic rings. The zero-order valence-corrected chi connectivity index (χ0v) is 12.3. The van der Waals surface area contributed by atoms with E-state index in [1.165, 1.54) is 0 Å². The molecular weight excluding hydrogens is 240 g/mol. The quantitative estimate of drug-likeness (QED) is 0.888. The average Bonchev–Trinajstić information content (AvgIpc) is 2.94. The molecule has 1 unspecified atom stereocenters. The lowest BCUT2D eigenvalue weighted by Gasteiger charge is -2.12. The monoisotopic (exact) mass is 262 g/mol. The molecule has 0 aliphatic heterocycles. The largest absolute Gasteiger partial charge is 0.312 e. The summed E-state index contributed by atoms with van der Waals surface area (Å²) in [5, 5.41) is 16.4. The van der Waals surface area contributed by atoms with Crippen LogP contribution in [0.2, 0.25) is 0 Å². The summed E-state index contributed by atoms with van der Waals surface area (Å²) in [6, 6.07) is 0.251. The summed E-state index contributed by atoms with van der Waals surface area (Å²) in [6.45, 7) is 6.27. The van der Waals surface area contributed by atoms with Crippen LogP contribution >= 0.6 is 0 Å². The van der Waals surface area contributed by atoms with Gasteiger partial charge in [-0.05, 0) is 26.8 Å². The van der Waals surface area contributed by atoms with Crippen LogP contribution < -0.4 is 5.32 Å². The van der Waals surface area contributed by atoms with Crippen LogP contribution in [0, 0.1) is 6.92 Å². The SMILES string of the molecule is CCc1c(C(CC)NC)nnn1-c1cn(C)nc1C. The molecule has 2 aromatic heterocycles. The van der Waals surface area contributed by atoms with E-state index in [-0.39, 0.29) is 6.04 Å². The number of hydrogen-bond donors (Lipinski definition) is 1. The van der Waals surface area contributed by atoms with Gasteiger partial charge in [-0.2, -0.15) is 5.10 Å². The molecule has 0 saturated carbocycles. The second-order valence-corrected chi connectivity index (χ2v) is 4.71. The standard InChI is InChI=1S/C13H22N6/c1-6-10(14-4)13-11(7-2)19(17-15-13)12-8-18(5)16-9(12)3/h8,10,14H,6-7H2,1-5H3. The molecule has 0 radical (unpaired) electrons. The van der Waals surface area contributed by atoms with Gasteiger partial charge in [0.1, 0.15) is 11.4 Å². The second kappa shape index (κ2) is 5.52. The van der Waals surface area contributed by atoms with E-state index in [2.05, 4.69) is 34.6 Å². The Morgan fingerprint density at radius 3 is 2.58 bits per heavy atom. The minimum Gasteiger partial charge on any atom is -0.312 e. The Hall–Kier alpha value is -1.69. The van der Waals surface area contributed by atoms with E-state index < -0.39 is 0 Å². The van der Waals surface area contributed by atoms with Gasteiger partial charge in [0.25, 0.3) is 0 Å². The molecule has 1 N–H and O–H groups in total. The molecule has 0 saturated heterocycles. The highest BCUT2D eigenvalue weighted by molar-refractivity contribution is 5.36. The highest BCUT2D eigenvalue weighted by Crippen LogP contribution is 2.22. The summed E-state index contributed by atoms with van der Waals surface area (Å²) >= 11 is 0. The summed E-state index contributed by atoms with van der Waals surface area (Å²) in [4.78, 5) is 0. The number of rotatable bonds is 5. The van der Waals surface area contributed by atoms with Crippen molar-refractivity contribution >= 4 is 0 Å². The van der Waals surface area contributed by atoms with Crippen molar-refractivity contribution in [2.75, 3.05) is 7.05 Å². The van der Waals surface area contributed by atoms with E-state index in [0.29, 0.717) is 0 Å². The predicted octanol–water partition coefficient (Wildman–Crippen LogP) is 1.54. The fraction of sp³-hybridized carbons (Fsp3) is 0.615. The van der Waals surface area contributed by atoms with Crippen LogP contribution in [0.25, 0.3) is 5.69 Å². The van der Waals surface area contributed by atoms with Crippen molar-refractivity contribution in [3.63, 3.8) is 0 Å². The Morgan fingerprint density at radius 1 is 1.37 bits per heavy atom. The lowest BCUT2D eigenvalue weighted by molar-refractivity contribution is 0.555. The number of aromatic nitrogens is 5. The smallest absolute Gasteiger partial charge is 0.107 e. The molecule has 0 amide bonds. The van der Waals surface area contributed by atoms with Gasteiger partial charge in [-0.1, -0.05) is 19.1 Å². The molecular formula is C13H22N6. The lowest BCUT2D eigenvalue weighted by Crippen LogP contribution is -2.17. The van der Waals surface area contributed by atoms with E-state index in [9.17, 15) is 0 Å². The van der Waals surface area contributed by atoms with Gasteiger partial charge >= 0.3 is 0 Å². The van der Waals surface area contributed by atoms with Crippen molar-refractivity contribution < 1.29 is 0 Å². The van der Waals surface area contributed by atoms with Crippen LogP contribution in [0.5, 0.6) is 0 Å². The van der Waals surface area contributed by atoms with Crippen molar-refractivity contribution in [2.45, 2.75) is 39.7 Å². The maximum absolute atomic E-state index is 4.37. The van der Waals surface area contributed by atoms with Gasteiger partial charge in [-0.25, -0.2) is 4.68 Å². The molecule has 0 bridgehead atoms. The topological polar surface area (TPSA) is 60.6 Å². The first-order valence-corrected chi connectivity index (χ1v) is 6.74. The van der Waals surface area contributed by atoms with Crippen molar-refractivity contribution in [1.82, 2.24) is 30.1 Å². The summed E-state index contributed by atoms with van der Waals surface area (Å²) in [6.07, 6.45) is 3.87. The fourth-order valence-electron chi connectivity index (χ4n) is 2.44. The van der Waals surface area contributed by atoms with Gasteiger partial charge in [0, 0.05) is 7.05 Å². The number of nitrogens with one attached hydrogen (secondary N) is 1. The minimum absolute atomic E-state index is 0.251. The van der Waals surface area contributed by atoms with Crippen LogP contribution in [0.4, 0.5) is 0 Å². The summed E-state index contributed by atoms with van der Waals surface area (Å²) in [5.74, 6) is 0. The molecule has 6 heteroatoms. The molecule has 19 heavy (non-hydrogen) atoms. The molecule has 104 valence electrons. The first-order chi connectivity index (χ1) is 9.12. The van der Waals surface area contributed by atoms with Gasteiger partial charge < -0.3 is 5.32 Å². The van der Waals surface area contributed by atoms with Crippen molar-refractivity contribution in [1.29, 1.82) is 0 Å². The number of aryl methyl sites for hydroxylation is 2. The molecule has 0 aliphatic carbocycles. The lowest BCUT2D eigenvalue weighted by atomic mass is 10.1. The summed E-state index contributed by atoms with van der Waals surface area (Å²) < 4.78 is 3.72. The molecule has 0 fully saturated rings. The van der Waals surface area contributed by atoms with Gasteiger partial charge in [0.05, 0.1) is 23.6 Å². The van der Waals surface area contributed by atoms with Gasteiger partial charge in [-0.15, -0.1) is 5.10 Å². The Morgan fingerprint density at radius 2 is 2.11 bits per heavy atom. The van der Waals surface area contributed by atoms with E-state index in [0.717, 1.165) is 35.6 Å². The van der Waals surface area contributed by atoms with Crippen molar-refractivity contribution in [2.24, 2.45) is 7.05 Å².